The maximum atomic E-state index is 4.78. The van der Waals surface area contributed by atoms with Gasteiger partial charge in [0.2, 0.25) is 0 Å². The van der Waals surface area contributed by atoms with E-state index in [1.807, 2.05) is 30.1 Å². The summed E-state index contributed by atoms with van der Waals surface area (Å²) in [6, 6.07) is 16.9. The first-order chi connectivity index (χ1) is 11.6. The summed E-state index contributed by atoms with van der Waals surface area (Å²) in [6.07, 6.45) is 1.83. The molecule has 0 aliphatic rings. The van der Waals surface area contributed by atoms with Crippen molar-refractivity contribution in [3.63, 3.8) is 0 Å². The van der Waals surface area contributed by atoms with Crippen LogP contribution in [0.4, 0.5) is 0 Å². The van der Waals surface area contributed by atoms with Gasteiger partial charge < -0.3 is 0 Å². The van der Waals surface area contributed by atoms with Crippen LogP contribution in [0, 0.1) is 6.92 Å². The molecule has 4 nitrogen and oxygen atoms in total. The topological polar surface area (TPSA) is 35.6 Å². The third-order valence-electron chi connectivity index (χ3n) is 4.32. The van der Waals surface area contributed by atoms with Crippen LogP contribution in [0.25, 0.3) is 22.3 Å². The van der Waals surface area contributed by atoms with E-state index in [0.29, 0.717) is 0 Å². The van der Waals surface area contributed by atoms with Crippen LogP contribution in [0.1, 0.15) is 11.4 Å². The van der Waals surface area contributed by atoms with Gasteiger partial charge in [-0.05, 0) is 0 Å². The summed E-state index contributed by atoms with van der Waals surface area (Å²) in [6.45, 7) is 2.89. The minimum absolute atomic E-state index is 0.824. The van der Waals surface area contributed by atoms with Crippen LogP contribution in [-0.4, -0.2) is 36.2 Å². The van der Waals surface area contributed by atoms with E-state index in [-0.39, 0.29) is 0 Å². The van der Waals surface area contributed by atoms with Crippen LogP contribution in [0.3, 0.4) is 0 Å². The average Bonchev–Trinajstić information content (AvgIpc) is 3.13. The number of imidazole rings is 1. The SMILES string of the molecule is Cc1nc2c([As])cc(-c3ccnn3C)cc2n1Cc1ccccc1. The van der Waals surface area contributed by atoms with E-state index < -0.39 is 0 Å². The average molecular weight is 376 g/mol. The van der Waals surface area contributed by atoms with Crippen molar-refractivity contribution in [2.45, 2.75) is 13.5 Å². The van der Waals surface area contributed by atoms with Crippen molar-refractivity contribution in [1.82, 2.24) is 19.3 Å². The van der Waals surface area contributed by atoms with Crippen molar-refractivity contribution in [3.8, 4) is 11.3 Å². The van der Waals surface area contributed by atoms with Gasteiger partial charge in [0.1, 0.15) is 0 Å². The number of benzene rings is 2. The monoisotopic (exact) mass is 376 g/mol. The predicted molar refractivity (Wildman–Crippen MR) is 97.6 cm³/mol. The predicted octanol–water partition coefficient (Wildman–Crippen LogP) is 2.59. The van der Waals surface area contributed by atoms with Crippen LogP contribution in [0.15, 0.2) is 54.7 Å². The van der Waals surface area contributed by atoms with Crippen LogP contribution in [0.2, 0.25) is 0 Å². The van der Waals surface area contributed by atoms with Crippen molar-refractivity contribution < 1.29 is 0 Å². The summed E-state index contributed by atoms with van der Waals surface area (Å²) < 4.78 is 5.31. The Bertz CT molecular complexity index is 1010. The molecule has 0 saturated carbocycles. The van der Waals surface area contributed by atoms with Crippen molar-refractivity contribution in [3.05, 3.63) is 66.1 Å². The second kappa shape index (κ2) is 5.95. The molecular weight excluding hydrogens is 359 g/mol. The molecule has 0 fully saturated rings. The molecule has 0 aliphatic heterocycles. The van der Waals surface area contributed by atoms with E-state index in [2.05, 4.69) is 69.8 Å². The third kappa shape index (κ3) is 2.57. The molecule has 0 unspecified atom stereocenters. The number of fused-ring (bicyclic) bond motifs is 1. The van der Waals surface area contributed by atoms with E-state index >= 15 is 0 Å². The second-order valence-corrected chi connectivity index (χ2v) is 6.94. The molecule has 2 radical (unpaired) electrons. The molecule has 2 heterocycles. The zero-order valence-electron chi connectivity index (χ0n) is 13.6. The normalized spacial score (nSPS) is 11.3. The fourth-order valence-electron chi connectivity index (χ4n) is 3.09. The Hall–Kier alpha value is -2.32. The Kier molecular flexibility index (Phi) is 3.77. The van der Waals surface area contributed by atoms with E-state index in [0.717, 1.165) is 39.0 Å². The van der Waals surface area contributed by atoms with Gasteiger partial charge in [-0.1, -0.05) is 0 Å². The number of rotatable bonds is 3. The number of hydrogen-bond donors (Lipinski definition) is 0. The summed E-state index contributed by atoms with van der Waals surface area (Å²) in [5.74, 6) is 1.03. The summed E-state index contributed by atoms with van der Waals surface area (Å²) >= 11 is 2.65. The minimum atomic E-state index is 0.824. The molecule has 0 amide bonds. The molecule has 0 saturated heterocycles. The molecule has 2 aromatic carbocycles. The van der Waals surface area contributed by atoms with Crippen molar-refractivity contribution in [1.29, 1.82) is 0 Å². The molecule has 0 bridgehead atoms. The Balaban J connectivity index is 1.89. The Labute approximate surface area is 149 Å². The summed E-state index contributed by atoms with van der Waals surface area (Å²) in [7, 11) is 1.97. The number of aryl methyl sites for hydroxylation is 2. The van der Waals surface area contributed by atoms with Crippen molar-refractivity contribution >= 4 is 32.2 Å². The second-order valence-electron chi connectivity index (χ2n) is 5.93. The summed E-state index contributed by atoms with van der Waals surface area (Å²) in [5, 5.41) is 4.29. The van der Waals surface area contributed by atoms with E-state index in [1.165, 1.54) is 5.56 Å². The molecular formula is C19H17AsN4. The van der Waals surface area contributed by atoms with E-state index in [4.69, 9.17) is 4.98 Å². The number of aromatic nitrogens is 4. The standard InChI is InChI=1S/C19H17AsN4/c1-13-22-19-16(20)10-15(17-8-9-21-23(17)2)11-18(19)24(13)12-14-6-4-3-5-7-14/h3-11H,12H2,1-2H3. The molecule has 0 spiro atoms. The van der Waals surface area contributed by atoms with Crippen LogP contribution < -0.4 is 4.35 Å². The Morgan fingerprint density at radius 1 is 1.08 bits per heavy atom. The Morgan fingerprint density at radius 3 is 2.58 bits per heavy atom. The molecule has 0 aliphatic carbocycles. The fraction of sp³-hybridized carbons (Fsp3) is 0.158. The first-order valence-corrected chi connectivity index (χ1v) is 8.79. The summed E-state index contributed by atoms with van der Waals surface area (Å²) in [4.78, 5) is 4.78. The van der Waals surface area contributed by atoms with Gasteiger partial charge in [-0.2, -0.15) is 0 Å². The van der Waals surface area contributed by atoms with Crippen molar-refractivity contribution in [2.24, 2.45) is 7.05 Å². The zero-order valence-corrected chi connectivity index (χ0v) is 15.5. The molecule has 24 heavy (non-hydrogen) atoms. The summed E-state index contributed by atoms with van der Waals surface area (Å²) in [5.41, 5.74) is 5.75. The van der Waals surface area contributed by atoms with Gasteiger partial charge in [0, 0.05) is 0 Å². The molecule has 118 valence electrons. The number of nitrogens with zero attached hydrogens (tertiary/aromatic N) is 4. The number of hydrogen-bond acceptors (Lipinski definition) is 2. The zero-order chi connectivity index (χ0) is 16.7. The van der Waals surface area contributed by atoms with E-state index in [9.17, 15) is 0 Å². The van der Waals surface area contributed by atoms with Crippen LogP contribution >= 0.6 is 0 Å². The fourth-order valence-corrected chi connectivity index (χ4v) is 3.73. The van der Waals surface area contributed by atoms with Gasteiger partial charge in [0.15, 0.2) is 0 Å². The molecule has 0 N–H and O–H groups in total. The Morgan fingerprint density at radius 2 is 1.88 bits per heavy atom. The maximum absolute atomic E-state index is 4.78. The third-order valence-corrected chi connectivity index (χ3v) is 5.04. The van der Waals surface area contributed by atoms with Gasteiger partial charge in [-0.3, -0.25) is 0 Å². The first kappa shape index (κ1) is 15.2. The quantitative estimate of drug-likeness (QED) is 0.516. The van der Waals surface area contributed by atoms with Gasteiger partial charge in [0.25, 0.3) is 0 Å². The molecule has 0 atom stereocenters. The molecule has 4 aromatic rings. The van der Waals surface area contributed by atoms with Gasteiger partial charge in [-0.25, -0.2) is 0 Å². The van der Waals surface area contributed by atoms with Gasteiger partial charge in [0.05, 0.1) is 0 Å². The van der Waals surface area contributed by atoms with Gasteiger partial charge in [-0.15, -0.1) is 0 Å². The van der Waals surface area contributed by atoms with E-state index in [1.54, 1.807) is 0 Å². The molecule has 2 aromatic heterocycles. The van der Waals surface area contributed by atoms with Crippen LogP contribution in [-0.2, 0) is 13.6 Å². The molecule has 4 rings (SSSR count). The van der Waals surface area contributed by atoms with Crippen molar-refractivity contribution in [2.75, 3.05) is 0 Å². The molecule has 5 heteroatoms. The van der Waals surface area contributed by atoms with Gasteiger partial charge >= 0.3 is 149 Å². The van der Waals surface area contributed by atoms with Crippen LogP contribution in [0.5, 0.6) is 0 Å². The first-order valence-electron chi connectivity index (χ1n) is 7.85.